The van der Waals surface area contributed by atoms with Gasteiger partial charge in [0.1, 0.15) is 0 Å². The molecule has 0 saturated heterocycles. The number of hydrogen-bond acceptors (Lipinski definition) is 5. The molecule has 6 heteroatoms. The Hall–Kier alpha value is -3.38. The number of nitrogens with zero attached hydrogens (tertiary/aromatic N) is 1. The predicted molar refractivity (Wildman–Crippen MR) is 135 cm³/mol. The zero-order valence-electron chi connectivity index (χ0n) is 18.9. The molecular formula is C27H27N3O2S. The number of carbonyl (C=O) groups excluding carboxylic acids is 2. The Balaban J connectivity index is 1.57. The van der Waals surface area contributed by atoms with Crippen molar-refractivity contribution < 1.29 is 9.59 Å². The number of allylic oxidation sites excluding steroid dienone is 1. The first-order valence-corrected chi connectivity index (χ1v) is 12.2. The average Bonchev–Trinajstić information content (AvgIpc) is 3.27. The smallest absolute Gasteiger partial charge is 0.243 e. The number of carbonyl (C=O) groups is 2. The van der Waals surface area contributed by atoms with Gasteiger partial charge in [0.15, 0.2) is 5.78 Å². The third-order valence-electron chi connectivity index (χ3n) is 6.32. The number of benzene rings is 2. The largest absolute Gasteiger partial charge is 0.357 e. The summed E-state index contributed by atoms with van der Waals surface area (Å²) in [5.41, 5.74) is 6.63. The van der Waals surface area contributed by atoms with Crippen LogP contribution in [-0.2, 0) is 9.59 Å². The first kappa shape index (κ1) is 21.5. The van der Waals surface area contributed by atoms with E-state index in [1.165, 1.54) is 0 Å². The number of nitrogens with one attached hydrogen (secondary N) is 2. The van der Waals surface area contributed by atoms with Gasteiger partial charge in [-0.1, -0.05) is 35.9 Å². The molecule has 168 valence electrons. The number of amides is 1. The number of Topliss-reactive ketones (excluding diaryl/α,β-unsaturated/α-hetero) is 1. The Morgan fingerprint density at radius 1 is 1.12 bits per heavy atom. The minimum atomic E-state index is -0.297. The fraction of sp³-hybridized carbons (Fsp3) is 0.259. The van der Waals surface area contributed by atoms with E-state index < -0.39 is 0 Å². The Morgan fingerprint density at radius 2 is 1.97 bits per heavy atom. The summed E-state index contributed by atoms with van der Waals surface area (Å²) in [6.07, 6.45) is 2.22. The van der Waals surface area contributed by atoms with Crippen molar-refractivity contribution in [2.45, 2.75) is 39.2 Å². The Kier molecular flexibility index (Phi) is 5.77. The number of ketones is 1. The summed E-state index contributed by atoms with van der Waals surface area (Å²) < 4.78 is 0. The van der Waals surface area contributed by atoms with Crippen LogP contribution in [0.1, 0.15) is 41.3 Å². The first-order chi connectivity index (χ1) is 16.0. The number of rotatable bonds is 4. The van der Waals surface area contributed by atoms with Crippen molar-refractivity contribution in [3.05, 3.63) is 87.3 Å². The molecule has 2 aliphatic rings. The highest BCUT2D eigenvalue weighted by atomic mass is 32.1. The lowest BCUT2D eigenvalue weighted by atomic mass is 9.88. The Labute approximate surface area is 198 Å². The van der Waals surface area contributed by atoms with Crippen LogP contribution >= 0.6 is 11.3 Å². The van der Waals surface area contributed by atoms with E-state index in [0.29, 0.717) is 6.42 Å². The molecule has 1 atom stereocenters. The summed E-state index contributed by atoms with van der Waals surface area (Å²) in [5.74, 6) is 0.0559. The lowest BCUT2D eigenvalue weighted by Gasteiger charge is -2.34. The van der Waals surface area contributed by atoms with Crippen molar-refractivity contribution in [3.8, 4) is 0 Å². The summed E-state index contributed by atoms with van der Waals surface area (Å²) in [6, 6.07) is 17.8. The second-order valence-electron chi connectivity index (χ2n) is 8.72. The van der Waals surface area contributed by atoms with Crippen LogP contribution in [0.5, 0.6) is 0 Å². The molecule has 0 saturated carbocycles. The molecule has 0 fully saturated rings. The lowest BCUT2D eigenvalue weighted by molar-refractivity contribution is -0.117. The quantitative estimate of drug-likeness (QED) is 0.506. The molecule has 1 aromatic heterocycles. The van der Waals surface area contributed by atoms with E-state index in [4.69, 9.17) is 0 Å². The van der Waals surface area contributed by atoms with Crippen molar-refractivity contribution in [1.29, 1.82) is 0 Å². The molecule has 2 N–H and O–H groups in total. The second-order valence-corrected chi connectivity index (χ2v) is 9.70. The number of aryl methyl sites for hydroxylation is 2. The van der Waals surface area contributed by atoms with Crippen LogP contribution in [-0.4, -0.2) is 18.2 Å². The average molecular weight is 458 g/mol. The van der Waals surface area contributed by atoms with Gasteiger partial charge < -0.3 is 15.5 Å². The SMILES string of the molecule is Cc1ccc(NC(=O)CN2c3ccccc3NC3=C(C(=O)CCC3)[C@H]2c2cccs2)c(C)c1. The highest BCUT2D eigenvalue weighted by Crippen LogP contribution is 2.45. The highest BCUT2D eigenvalue weighted by molar-refractivity contribution is 7.10. The number of anilines is 3. The molecule has 1 amide bonds. The number of fused-ring (bicyclic) bond motifs is 1. The topological polar surface area (TPSA) is 61.4 Å². The molecule has 5 nitrogen and oxygen atoms in total. The van der Waals surface area contributed by atoms with Gasteiger partial charge in [0.25, 0.3) is 0 Å². The normalized spacial score (nSPS) is 17.7. The van der Waals surface area contributed by atoms with E-state index in [1.807, 2.05) is 61.7 Å². The number of para-hydroxylation sites is 2. The van der Waals surface area contributed by atoms with Crippen molar-refractivity contribution in [1.82, 2.24) is 0 Å². The predicted octanol–water partition coefficient (Wildman–Crippen LogP) is 5.98. The van der Waals surface area contributed by atoms with Gasteiger partial charge in [-0.3, -0.25) is 9.59 Å². The van der Waals surface area contributed by atoms with Gasteiger partial charge in [-0.15, -0.1) is 11.3 Å². The van der Waals surface area contributed by atoms with Crippen molar-refractivity contribution >= 4 is 40.1 Å². The van der Waals surface area contributed by atoms with Crippen molar-refractivity contribution in [3.63, 3.8) is 0 Å². The van der Waals surface area contributed by atoms with E-state index in [-0.39, 0.29) is 24.3 Å². The van der Waals surface area contributed by atoms with E-state index in [9.17, 15) is 9.59 Å². The Morgan fingerprint density at radius 3 is 2.76 bits per heavy atom. The third-order valence-corrected chi connectivity index (χ3v) is 7.25. The van der Waals surface area contributed by atoms with Gasteiger partial charge >= 0.3 is 0 Å². The minimum absolute atomic E-state index is 0.106. The van der Waals surface area contributed by atoms with Gasteiger partial charge in [0, 0.05) is 28.3 Å². The molecule has 0 spiro atoms. The van der Waals surface area contributed by atoms with Gasteiger partial charge in [0.05, 0.1) is 24.0 Å². The first-order valence-electron chi connectivity index (χ1n) is 11.3. The summed E-state index contributed by atoms with van der Waals surface area (Å²) >= 11 is 1.62. The molecule has 0 unspecified atom stereocenters. The van der Waals surface area contributed by atoms with E-state index in [2.05, 4.69) is 27.7 Å². The molecule has 0 bridgehead atoms. The summed E-state index contributed by atoms with van der Waals surface area (Å²) in [6.45, 7) is 4.18. The van der Waals surface area contributed by atoms with Crippen molar-refractivity contribution in [2.75, 3.05) is 22.1 Å². The van der Waals surface area contributed by atoms with Crippen LogP contribution in [0, 0.1) is 13.8 Å². The van der Waals surface area contributed by atoms with Gasteiger partial charge in [-0.2, -0.15) is 0 Å². The highest BCUT2D eigenvalue weighted by Gasteiger charge is 2.37. The number of hydrogen-bond donors (Lipinski definition) is 2. The Bertz CT molecular complexity index is 1250. The van der Waals surface area contributed by atoms with Crippen LogP contribution in [0.25, 0.3) is 0 Å². The van der Waals surface area contributed by atoms with Gasteiger partial charge in [0.2, 0.25) is 5.91 Å². The number of thiophene rings is 1. The fourth-order valence-corrected chi connectivity index (χ4v) is 5.66. The zero-order valence-corrected chi connectivity index (χ0v) is 19.7. The summed E-state index contributed by atoms with van der Waals surface area (Å²) in [5, 5.41) is 8.66. The molecular weight excluding hydrogens is 430 g/mol. The molecule has 2 aromatic carbocycles. The van der Waals surface area contributed by atoms with Crippen LogP contribution in [0.2, 0.25) is 0 Å². The zero-order chi connectivity index (χ0) is 22.9. The van der Waals surface area contributed by atoms with Crippen LogP contribution in [0.15, 0.2) is 71.2 Å². The second kappa shape index (κ2) is 8.87. The molecule has 1 aliphatic carbocycles. The van der Waals surface area contributed by atoms with Crippen LogP contribution < -0.4 is 15.5 Å². The van der Waals surface area contributed by atoms with Crippen molar-refractivity contribution in [2.24, 2.45) is 0 Å². The summed E-state index contributed by atoms with van der Waals surface area (Å²) in [4.78, 5) is 29.7. The van der Waals surface area contributed by atoms with E-state index >= 15 is 0 Å². The van der Waals surface area contributed by atoms with E-state index in [1.54, 1.807) is 11.3 Å². The van der Waals surface area contributed by atoms with Crippen LogP contribution in [0.4, 0.5) is 17.1 Å². The fourth-order valence-electron chi connectivity index (χ4n) is 4.82. The molecule has 3 aromatic rings. The molecule has 0 radical (unpaired) electrons. The van der Waals surface area contributed by atoms with Crippen LogP contribution in [0.3, 0.4) is 0 Å². The summed E-state index contributed by atoms with van der Waals surface area (Å²) in [7, 11) is 0. The minimum Gasteiger partial charge on any atom is -0.357 e. The monoisotopic (exact) mass is 457 g/mol. The maximum Gasteiger partial charge on any atom is 0.243 e. The maximum atomic E-state index is 13.3. The van der Waals surface area contributed by atoms with Gasteiger partial charge in [-0.25, -0.2) is 0 Å². The maximum absolute atomic E-state index is 13.3. The van der Waals surface area contributed by atoms with Gasteiger partial charge in [-0.05, 0) is 61.9 Å². The molecule has 5 rings (SSSR count). The lowest BCUT2D eigenvalue weighted by Crippen LogP contribution is -2.38. The molecule has 2 heterocycles. The molecule has 33 heavy (non-hydrogen) atoms. The third kappa shape index (κ3) is 4.18. The van der Waals surface area contributed by atoms with E-state index in [0.717, 1.165) is 57.2 Å². The standard InChI is InChI=1S/C27H27N3O2S/c1-17-12-13-19(18(2)15-17)29-25(32)16-30-22-9-4-3-7-20(22)28-21-8-5-10-23(31)26(21)27(30)24-11-6-14-33-24/h3-4,6-7,9,11-15,27-28H,5,8,10,16H2,1-2H3,(H,29,32)/t27-/m1/s1. The molecule has 1 aliphatic heterocycles.